The molecule has 0 radical (unpaired) electrons. The minimum absolute atomic E-state index is 0.0116. The number of aromatic hydroxyl groups is 1. The Labute approximate surface area is 257 Å². The van der Waals surface area contributed by atoms with Crippen LogP contribution in [0.5, 0.6) is 17.2 Å². The molecule has 10 atom stereocenters. The van der Waals surface area contributed by atoms with Gasteiger partial charge in [-0.2, -0.15) is 0 Å². The lowest BCUT2D eigenvalue weighted by molar-refractivity contribution is -0.155. The summed E-state index contributed by atoms with van der Waals surface area (Å²) in [6, 6.07) is 8.90. The summed E-state index contributed by atoms with van der Waals surface area (Å²) in [6.07, 6.45) is -8.13. The van der Waals surface area contributed by atoms with Gasteiger partial charge in [-0.25, -0.2) is 4.39 Å². The Morgan fingerprint density at radius 3 is 2.38 bits per heavy atom. The van der Waals surface area contributed by atoms with Gasteiger partial charge >= 0.3 is 0 Å². The summed E-state index contributed by atoms with van der Waals surface area (Å²) in [5, 5.41) is 65.5. The van der Waals surface area contributed by atoms with Crippen molar-refractivity contribution in [3.8, 4) is 17.2 Å². The zero-order valence-corrected chi connectivity index (χ0v) is 24.4. The summed E-state index contributed by atoms with van der Waals surface area (Å²) in [5.74, 6) is -1.51. The molecule has 0 spiro atoms. The Bertz CT molecular complexity index is 1440. The number of phenolic OH excluding ortho intramolecular Hbond substituents is 1. The van der Waals surface area contributed by atoms with Gasteiger partial charge in [0.15, 0.2) is 23.1 Å². The molecule has 3 fully saturated rings. The number of benzene rings is 2. The van der Waals surface area contributed by atoms with E-state index < -0.39 is 72.9 Å². The fraction of sp³-hybridized carbons (Fsp3) is 0.452. The molecule has 14 heteroatoms. The maximum absolute atomic E-state index is 13.8. The Morgan fingerprint density at radius 2 is 1.67 bits per heavy atom. The second-order valence-electron chi connectivity index (χ2n) is 11.1. The van der Waals surface area contributed by atoms with E-state index in [4.69, 9.17) is 23.7 Å². The normalized spacial score (nSPS) is 33.5. The second-order valence-corrected chi connectivity index (χ2v) is 11.1. The van der Waals surface area contributed by atoms with Crippen LogP contribution in [0.25, 0.3) is 6.08 Å². The highest BCUT2D eigenvalue weighted by Crippen LogP contribution is 2.34. The van der Waals surface area contributed by atoms with Gasteiger partial charge in [0, 0.05) is 5.57 Å². The molecule has 0 bridgehead atoms. The van der Waals surface area contributed by atoms with Gasteiger partial charge in [-0.15, -0.1) is 0 Å². The van der Waals surface area contributed by atoms with E-state index in [-0.39, 0.29) is 36.2 Å². The number of carbonyl (C=O) groups is 1. The number of aliphatic hydroxyl groups is 5. The quantitative estimate of drug-likeness (QED) is 0.146. The third-order valence-corrected chi connectivity index (χ3v) is 8.02. The van der Waals surface area contributed by atoms with E-state index >= 15 is 0 Å². The van der Waals surface area contributed by atoms with E-state index in [1.165, 1.54) is 49.4 Å². The second kappa shape index (κ2) is 13.8. The van der Waals surface area contributed by atoms with E-state index in [0.29, 0.717) is 11.1 Å². The summed E-state index contributed by atoms with van der Waals surface area (Å²) in [7, 11) is 0. The lowest BCUT2D eigenvalue weighted by atomic mass is 9.83. The van der Waals surface area contributed by atoms with E-state index in [9.17, 15) is 39.8 Å². The first-order chi connectivity index (χ1) is 21.5. The number of hydrogen-bond acceptors (Lipinski definition) is 12. The van der Waals surface area contributed by atoms with Crippen LogP contribution in [0.15, 0.2) is 59.7 Å². The maximum atomic E-state index is 13.8. The molecular formula is C31H36FNO12. The number of nitrogens with one attached hydrogen (secondary N) is 1. The molecule has 5 rings (SSSR count). The van der Waals surface area contributed by atoms with Crippen LogP contribution in [0.3, 0.4) is 0 Å². The number of carbonyl (C=O) groups excluding carboxylic acids is 1. The highest BCUT2D eigenvalue weighted by Gasteiger charge is 2.53. The van der Waals surface area contributed by atoms with Crippen LogP contribution in [-0.4, -0.2) is 111 Å². The number of para-hydroxylation sites is 1. The topological polar surface area (TPSA) is 197 Å². The average Bonchev–Trinajstić information content (AvgIpc) is 3.62. The number of halogens is 1. The van der Waals surface area contributed by atoms with Crippen molar-refractivity contribution in [1.82, 2.24) is 5.32 Å². The fourth-order valence-corrected chi connectivity index (χ4v) is 5.45. The number of phenols is 1. The van der Waals surface area contributed by atoms with Crippen LogP contribution >= 0.6 is 0 Å². The minimum atomic E-state index is -1.50. The smallest absolute Gasteiger partial charge is 0.247 e. The van der Waals surface area contributed by atoms with Crippen LogP contribution in [0.4, 0.5) is 4.39 Å². The molecule has 0 unspecified atom stereocenters. The molecule has 1 saturated carbocycles. The van der Waals surface area contributed by atoms with E-state index in [0.717, 1.165) is 0 Å². The van der Waals surface area contributed by atoms with E-state index in [1.807, 2.05) is 0 Å². The van der Waals surface area contributed by atoms with Crippen molar-refractivity contribution >= 4 is 12.0 Å². The number of hydrogen-bond donors (Lipinski definition) is 7. The highest BCUT2D eigenvalue weighted by molar-refractivity contribution is 5.97. The van der Waals surface area contributed by atoms with Crippen molar-refractivity contribution < 1.29 is 63.5 Å². The van der Waals surface area contributed by atoms with Crippen molar-refractivity contribution in [3.05, 3.63) is 71.1 Å². The van der Waals surface area contributed by atoms with Crippen molar-refractivity contribution in [2.45, 2.75) is 75.0 Å². The Morgan fingerprint density at radius 1 is 0.956 bits per heavy atom. The number of ether oxygens (including phenoxy) is 5. The van der Waals surface area contributed by atoms with Gasteiger partial charge in [-0.3, -0.25) is 4.79 Å². The zero-order valence-electron chi connectivity index (χ0n) is 24.4. The van der Waals surface area contributed by atoms with Crippen molar-refractivity contribution in [1.29, 1.82) is 0 Å². The Balaban J connectivity index is 1.18. The predicted octanol–water partition coefficient (Wildman–Crippen LogP) is 0.108. The molecular weight excluding hydrogens is 597 g/mol. The molecule has 2 saturated heterocycles. The molecule has 2 aliphatic heterocycles. The maximum Gasteiger partial charge on any atom is 0.247 e. The standard InChI is InChI=1S/C31H36FNO12/c1-14(9-10-41-19-6-4-3-5-17(19)32)27-25(38)26(39)31(45-27)44-20-8-7-16(12-18(20)34)11-15(2)30(40)33-21-22(35)24(37)29-28(23(21)36)42-13-43-29/h3-9,11-12,21-29,31,34-39H,10,13H2,1-2H3,(H,33,40)/b14-9+,15-11+/t21-,22+,23-,24-,25+,26+,27-,28+,29-,31-/m1/s1. The Hall–Kier alpha value is -3.60. The summed E-state index contributed by atoms with van der Waals surface area (Å²) in [5.41, 5.74) is 1.06. The summed E-state index contributed by atoms with van der Waals surface area (Å²) < 4.78 is 41.0. The van der Waals surface area contributed by atoms with Crippen LogP contribution in [-0.2, 0) is 19.0 Å². The summed E-state index contributed by atoms with van der Waals surface area (Å²) in [6.45, 7) is 2.96. The van der Waals surface area contributed by atoms with Gasteiger partial charge < -0.3 is 59.6 Å². The molecule has 0 aromatic heterocycles. The fourth-order valence-electron chi connectivity index (χ4n) is 5.45. The molecule has 2 aromatic rings. The summed E-state index contributed by atoms with van der Waals surface area (Å²) >= 11 is 0. The monoisotopic (exact) mass is 633 g/mol. The molecule has 45 heavy (non-hydrogen) atoms. The van der Waals surface area contributed by atoms with Gasteiger partial charge in [0.1, 0.15) is 62.2 Å². The zero-order chi connectivity index (χ0) is 32.4. The number of rotatable bonds is 9. The minimum Gasteiger partial charge on any atom is -0.504 e. The van der Waals surface area contributed by atoms with Crippen molar-refractivity contribution in [2.75, 3.05) is 13.4 Å². The molecule has 13 nitrogen and oxygen atoms in total. The molecule has 7 N–H and O–H groups in total. The number of amides is 1. The lowest BCUT2D eigenvalue weighted by Crippen LogP contribution is -2.67. The van der Waals surface area contributed by atoms with Gasteiger partial charge in [0.2, 0.25) is 12.2 Å². The predicted molar refractivity (Wildman–Crippen MR) is 153 cm³/mol. The molecule has 1 aliphatic carbocycles. The van der Waals surface area contributed by atoms with E-state index in [1.54, 1.807) is 19.1 Å². The molecule has 2 heterocycles. The van der Waals surface area contributed by atoms with Crippen molar-refractivity contribution in [2.24, 2.45) is 0 Å². The molecule has 244 valence electrons. The average molecular weight is 634 g/mol. The van der Waals surface area contributed by atoms with Gasteiger partial charge in [0.05, 0.1) is 6.04 Å². The van der Waals surface area contributed by atoms with Crippen LogP contribution in [0.1, 0.15) is 19.4 Å². The lowest BCUT2D eigenvalue weighted by Gasteiger charge is -2.41. The number of aliphatic hydroxyl groups excluding tert-OH is 5. The van der Waals surface area contributed by atoms with Gasteiger partial charge in [-0.05, 0) is 61.4 Å². The van der Waals surface area contributed by atoms with E-state index in [2.05, 4.69) is 5.32 Å². The molecule has 3 aliphatic rings. The largest absolute Gasteiger partial charge is 0.504 e. The first-order valence-electron chi connectivity index (χ1n) is 14.3. The third-order valence-electron chi connectivity index (χ3n) is 8.02. The first-order valence-corrected chi connectivity index (χ1v) is 14.3. The van der Waals surface area contributed by atoms with Gasteiger partial charge in [-0.1, -0.05) is 18.2 Å². The van der Waals surface area contributed by atoms with Crippen LogP contribution in [0.2, 0.25) is 0 Å². The number of fused-ring (bicyclic) bond motifs is 1. The highest BCUT2D eigenvalue weighted by atomic mass is 19.1. The summed E-state index contributed by atoms with van der Waals surface area (Å²) in [4.78, 5) is 12.9. The first kappa shape index (κ1) is 32.8. The third kappa shape index (κ3) is 6.98. The van der Waals surface area contributed by atoms with Crippen LogP contribution < -0.4 is 14.8 Å². The van der Waals surface area contributed by atoms with Crippen LogP contribution in [0, 0.1) is 5.82 Å². The Kier molecular flexibility index (Phi) is 10.1. The molecule has 2 aromatic carbocycles. The van der Waals surface area contributed by atoms with Gasteiger partial charge in [0.25, 0.3) is 0 Å². The molecule has 1 amide bonds. The van der Waals surface area contributed by atoms with Crippen molar-refractivity contribution in [3.63, 3.8) is 0 Å². The SMILES string of the molecule is C/C(=C\c1ccc(O[C@@H]2O[C@H](/C(C)=C/COc3ccccc3F)[C@@H](O)[C@@H]2O)c(O)c1)C(=O)N[C@@H]1[C@H](O)[C@@H](O)[C@H]2OCO[C@H]2[C@@H]1O.